The van der Waals surface area contributed by atoms with Crippen LogP contribution in [-0.4, -0.2) is 56.7 Å². The number of para-hydroxylation sites is 1. The van der Waals surface area contributed by atoms with Crippen molar-refractivity contribution in [3.05, 3.63) is 101 Å². The highest BCUT2D eigenvalue weighted by atomic mass is 32.2. The van der Waals surface area contributed by atoms with E-state index in [0.717, 1.165) is 22.3 Å². The van der Waals surface area contributed by atoms with E-state index in [1.807, 2.05) is 100 Å². The van der Waals surface area contributed by atoms with Crippen LogP contribution in [0, 0.1) is 13.8 Å². The largest absolute Gasteiger partial charge is 0.381 e. The van der Waals surface area contributed by atoms with Gasteiger partial charge in [0.05, 0.1) is 11.9 Å². The highest BCUT2D eigenvalue weighted by Gasteiger charge is 2.49. The molecule has 1 fully saturated rings. The van der Waals surface area contributed by atoms with Crippen LogP contribution >= 0.6 is 11.8 Å². The van der Waals surface area contributed by atoms with Crippen LogP contribution in [0.15, 0.2) is 78.9 Å². The number of amides is 4. The van der Waals surface area contributed by atoms with Crippen molar-refractivity contribution in [1.82, 2.24) is 15.5 Å². The quantitative estimate of drug-likeness (QED) is 0.303. The first kappa shape index (κ1) is 30.1. The van der Waals surface area contributed by atoms with Gasteiger partial charge in [0.2, 0.25) is 5.91 Å². The molecule has 0 bridgehead atoms. The van der Waals surface area contributed by atoms with Crippen LogP contribution in [0.4, 0.5) is 10.5 Å². The summed E-state index contributed by atoms with van der Waals surface area (Å²) in [5, 5.41) is 20.0. The molecule has 3 unspecified atom stereocenters. The van der Waals surface area contributed by atoms with Gasteiger partial charge in [-0.3, -0.25) is 9.59 Å². The molecule has 4 rings (SSSR count). The fourth-order valence-corrected chi connectivity index (χ4v) is 6.13. The van der Waals surface area contributed by atoms with Crippen LogP contribution in [0.3, 0.4) is 0 Å². The van der Waals surface area contributed by atoms with Crippen molar-refractivity contribution < 1.29 is 19.5 Å². The van der Waals surface area contributed by atoms with Gasteiger partial charge in [-0.25, -0.2) is 4.79 Å². The molecule has 8 nitrogen and oxygen atoms in total. The number of aliphatic hydroxyl groups excluding tert-OH is 1. The zero-order valence-corrected chi connectivity index (χ0v) is 24.7. The Labute approximate surface area is 245 Å². The maximum absolute atomic E-state index is 13.8. The predicted molar refractivity (Wildman–Crippen MR) is 163 cm³/mol. The number of rotatable bonds is 9. The lowest BCUT2D eigenvalue weighted by Crippen LogP contribution is -2.59. The summed E-state index contributed by atoms with van der Waals surface area (Å²) >= 11 is 1.48. The summed E-state index contributed by atoms with van der Waals surface area (Å²) in [5.74, 6) is -0.636. The highest BCUT2D eigenvalue weighted by Crippen LogP contribution is 2.40. The van der Waals surface area contributed by atoms with Gasteiger partial charge in [-0.1, -0.05) is 72.8 Å². The van der Waals surface area contributed by atoms with Gasteiger partial charge in [-0.15, -0.1) is 11.8 Å². The molecule has 216 valence electrons. The maximum Gasteiger partial charge on any atom is 0.319 e. The first-order valence-electron chi connectivity index (χ1n) is 13.7. The average Bonchev–Trinajstić information content (AvgIpc) is 3.27. The Morgan fingerprint density at radius 1 is 0.951 bits per heavy atom. The van der Waals surface area contributed by atoms with Gasteiger partial charge in [0.15, 0.2) is 6.10 Å². The second kappa shape index (κ2) is 13.2. The smallest absolute Gasteiger partial charge is 0.319 e. The Hall–Kier alpha value is -3.82. The summed E-state index contributed by atoms with van der Waals surface area (Å²) < 4.78 is -0.574. The molecule has 3 aromatic carbocycles. The summed E-state index contributed by atoms with van der Waals surface area (Å²) in [4.78, 5) is 41.7. The lowest BCUT2D eigenvalue weighted by molar-refractivity contribution is -0.147. The number of anilines is 1. The van der Waals surface area contributed by atoms with Crippen LogP contribution in [0.2, 0.25) is 0 Å². The number of nitrogens with one attached hydrogen (secondary N) is 3. The number of hydrogen-bond acceptors (Lipinski definition) is 5. The summed E-state index contributed by atoms with van der Waals surface area (Å²) in [6, 6.07) is 22.3. The number of thioether (sulfide) groups is 1. The first-order valence-corrected chi connectivity index (χ1v) is 14.7. The minimum Gasteiger partial charge on any atom is -0.381 e. The molecular weight excluding hydrogens is 536 g/mol. The van der Waals surface area contributed by atoms with E-state index in [0.29, 0.717) is 12.2 Å². The number of carbonyl (C=O) groups is 3. The van der Waals surface area contributed by atoms with Crippen LogP contribution in [0.25, 0.3) is 0 Å². The molecular formula is C32H38N4O4S. The molecule has 3 atom stereocenters. The van der Waals surface area contributed by atoms with E-state index < -0.39 is 34.9 Å². The number of urea groups is 1. The minimum atomic E-state index is -1.57. The molecule has 1 aliphatic heterocycles. The van der Waals surface area contributed by atoms with Crippen molar-refractivity contribution in [2.45, 2.75) is 63.6 Å². The topological polar surface area (TPSA) is 111 Å². The molecule has 3 aromatic rings. The van der Waals surface area contributed by atoms with E-state index in [-0.39, 0.29) is 18.2 Å². The monoisotopic (exact) mass is 574 g/mol. The SMILES string of the molecule is Cc1ccccc1CNC(=O)C1N(C(=O)C(O)C(Cc2ccccc2)NC(=O)Nc2ccccc2C)CSC1(C)C. The Kier molecular flexibility index (Phi) is 9.73. The maximum atomic E-state index is 13.8. The third kappa shape index (κ3) is 7.48. The summed E-state index contributed by atoms with van der Waals surface area (Å²) in [5.41, 5.74) is 4.43. The highest BCUT2D eigenvalue weighted by molar-refractivity contribution is 8.00. The third-order valence-electron chi connectivity index (χ3n) is 7.43. The van der Waals surface area contributed by atoms with Gasteiger partial charge in [0.1, 0.15) is 6.04 Å². The van der Waals surface area contributed by atoms with Crippen molar-refractivity contribution in [3.63, 3.8) is 0 Å². The molecule has 41 heavy (non-hydrogen) atoms. The standard InChI is InChI=1S/C32H38N4O4S/c1-21-12-8-10-16-24(21)19-33-29(38)28-32(3,4)41-20-36(28)30(39)27(37)26(18-23-14-6-5-7-15-23)35-31(40)34-25-17-11-9-13-22(25)2/h5-17,26-28,37H,18-20H2,1-4H3,(H,33,38)(H2,34,35,40). The van der Waals surface area contributed by atoms with E-state index in [9.17, 15) is 19.5 Å². The lowest BCUT2D eigenvalue weighted by atomic mass is 9.97. The molecule has 0 aliphatic carbocycles. The molecule has 1 saturated heterocycles. The van der Waals surface area contributed by atoms with Gasteiger partial charge in [-0.2, -0.15) is 0 Å². The normalized spacial score (nSPS) is 17.4. The first-order chi connectivity index (χ1) is 19.6. The van der Waals surface area contributed by atoms with E-state index in [4.69, 9.17) is 0 Å². The molecule has 0 spiro atoms. The number of hydrogen-bond donors (Lipinski definition) is 4. The molecule has 1 heterocycles. The zero-order valence-electron chi connectivity index (χ0n) is 23.9. The summed E-state index contributed by atoms with van der Waals surface area (Å²) in [7, 11) is 0. The van der Waals surface area contributed by atoms with Crippen molar-refractivity contribution in [2.24, 2.45) is 0 Å². The Morgan fingerprint density at radius 3 is 2.27 bits per heavy atom. The fraction of sp³-hybridized carbons (Fsp3) is 0.344. The molecule has 4 N–H and O–H groups in total. The van der Waals surface area contributed by atoms with Gasteiger partial charge in [0.25, 0.3) is 5.91 Å². The Balaban J connectivity index is 1.52. The van der Waals surface area contributed by atoms with E-state index >= 15 is 0 Å². The summed E-state index contributed by atoms with van der Waals surface area (Å²) in [6.45, 7) is 8.05. The Morgan fingerprint density at radius 2 is 1.59 bits per heavy atom. The molecule has 4 amide bonds. The molecule has 0 saturated carbocycles. The number of aryl methyl sites for hydroxylation is 2. The number of nitrogens with zero attached hydrogens (tertiary/aromatic N) is 1. The molecule has 1 aliphatic rings. The molecule has 0 radical (unpaired) electrons. The van der Waals surface area contributed by atoms with Crippen molar-refractivity contribution >= 4 is 35.3 Å². The second-order valence-electron chi connectivity index (χ2n) is 10.9. The molecule has 0 aromatic heterocycles. The van der Waals surface area contributed by atoms with Crippen LogP contribution in [0.5, 0.6) is 0 Å². The van der Waals surface area contributed by atoms with Crippen molar-refractivity contribution in [2.75, 3.05) is 11.2 Å². The van der Waals surface area contributed by atoms with E-state index in [1.54, 1.807) is 6.07 Å². The lowest BCUT2D eigenvalue weighted by Gasteiger charge is -2.33. The average molecular weight is 575 g/mol. The van der Waals surface area contributed by atoms with Gasteiger partial charge < -0.3 is 26.0 Å². The van der Waals surface area contributed by atoms with Gasteiger partial charge in [0, 0.05) is 17.0 Å². The third-order valence-corrected chi connectivity index (χ3v) is 8.81. The second-order valence-corrected chi connectivity index (χ2v) is 12.5. The number of aliphatic hydroxyl groups is 1. The summed E-state index contributed by atoms with van der Waals surface area (Å²) in [6.07, 6.45) is -1.34. The predicted octanol–water partition coefficient (Wildman–Crippen LogP) is 4.39. The van der Waals surface area contributed by atoms with E-state index in [1.165, 1.54) is 16.7 Å². The Bertz CT molecular complexity index is 1380. The van der Waals surface area contributed by atoms with Gasteiger partial charge in [-0.05, 0) is 62.4 Å². The number of benzene rings is 3. The number of carbonyl (C=O) groups excluding carboxylic acids is 3. The zero-order chi connectivity index (χ0) is 29.6. The van der Waals surface area contributed by atoms with Crippen LogP contribution < -0.4 is 16.0 Å². The van der Waals surface area contributed by atoms with Crippen LogP contribution in [0.1, 0.15) is 36.1 Å². The van der Waals surface area contributed by atoms with Crippen LogP contribution in [-0.2, 0) is 22.6 Å². The van der Waals surface area contributed by atoms with Gasteiger partial charge >= 0.3 is 6.03 Å². The van der Waals surface area contributed by atoms with Crippen molar-refractivity contribution in [1.29, 1.82) is 0 Å². The van der Waals surface area contributed by atoms with Crippen molar-refractivity contribution in [3.8, 4) is 0 Å². The fourth-order valence-electron chi connectivity index (χ4n) is 4.99. The minimum absolute atomic E-state index is 0.226. The molecule has 9 heteroatoms. The van der Waals surface area contributed by atoms with E-state index in [2.05, 4.69) is 16.0 Å².